The molecule has 0 saturated carbocycles. The predicted octanol–water partition coefficient (Wildman–Crippen LogP) is 3.17. The van der Waals surface area contributed by atoms with Gasteiger partial charge in [-0.25, -0.2) is 9.97 Å². The van der Waals surface area contributed by atoms with Crippen LogP contribution in [0.4, 0.5) is 17.5 Å². The highest BCUT2D eigenvalue weighted by Gasteiger charge is 2.12. The zero-order chi connectivity index (χ0) is 17.6. The third-order valence-corrected chi connectivity index (χ3v) is 3.19. The van der Waals surface area contributed by atoms with Gasteiger partial charge >= 0.3 is 0 Å². The van der Waals surface area contributed by atoms with E-state index in [4.69, 9.17) is 9.26 Å². The summed E-state index contributed by atoms with van der Waals surface area (Å²) in [7, 11) is 0. The summed E-state index contributed by atoms with van der Waals surface area (Å²) in [5, 5.41) is 9.40. The van der Waals surface area contributed by atoms with Crippen LogP contribution in [0.5, 0.6) is 5.75 Å². The van der Waals surface area contributed by atoms with Crippen LogP contribution in [0.2, 0.25) is 0 Å². The van der Waals surface area contributed by atoms with E-state index in [2.05, 4.69) is 25.8 Å². The largest absolute Gasteiger partial charge is 0.492 e. The number of carbonyl (C=O) groups is 1. The first-order valence-electron chi connectivity index (χ1n) is 7.72. The maximum atomic E-state index is 12.3. The second-order valence-corrected chi connectivity index (χ2v) is 5.10. The lowest BCUT2D eigenvalue weighted by Crippen LogP contribution is -2.15. The second kappa shape index (κ2) is 7.43. The van der Waals surface area contributed by atoms with Crippen LogP contribution < -0.4 is 15.4 Å². The van der Waals surface area contributed by atoms with Crippen molar-refractivity contribution in [3.63, 3.8) is 0 Å². The van der Waals surface area contributed by atoms with E-state index in [-0.39, 0.29) is 11.6 Å². The topological polar surface area (TPSA) is 102 Å². The number of rotatable bonds is 6. The molecule has 8 heteroatoms. The van der Waals surface area contributed by atoms with Gasteiger partial charge in [0.25, 0.3) is 5.91 Å². The Hall–Kier alpha value is -3.42. The highest BCUT2D eigenvalue weighted by molar-refractivity contribution is 6.02. The van der Waals surface area contributed by atoms with Crippen LogP contribution in [0.1, 0.15) is 23.2 Å². The van der Waals surface area contributed by atoms with Crippen LogP contribution in [-0.4, -0.2) is 27.6 Å². The highest BCUT2D eigenvalue weighted by Crippen LogP contribution is 2.26. The van der Waals surface area contributed by atoms with E-state index >= 15 is 0 Å². The lowest BCUT2D eigenvalue weighted by Gasteiger charge is -2.11. The lowest BCUT2D eigenvalue weighted by atomic mass is 10.3. The molecule has 0 aliphatic carbocycles. The molecule has 0 radical (unpaired) electrons. The minimum Gasteiger partial charge on any atom is -0.492 e. The molecule has 0 atom stereocenters. The number of ether oxygens (including phenoxy) is 1. The Labute approximate surface area is 144 Å². The van der Waals surface area contributed by atoms with Gasteiger partial charge in [-0.05, 0) is 32.0 Å². The summed E-state index contributed by atoms with van der Waals surface area (Å²) in [6.07, 6.45) is 1.50. The summed E-state index contributed by atoms with van der Waals surface area (Å²) >= 11 is 0. The first-order chi connectivity index (χ1) is 12.2. The maximum absolute atomic E-state index is 12.3. The number of nitrogens with one attached hydrogen (secondary N) is 2. The molecule has 0 bridgehead atoms. The van der Waals surface area contributed by atoms with Gasteiger partial charge < -0.3 is 19.9 Å². The van der Waals surface area contributed by atoms with Gasteiger partial charge in [-0.1, -0.05) is 17.3 Å². The van der Waals surface area contributed by atoms with E-state index in [0.717, 1.165) is 0 Å². The Kier molecular flexibility index (Phi) is 4.89. The molecule has 2 aromatic heterocycles. The normalized spacial score (nSPS) is 10.3. The fraction of sp³-hybridized carbons (Fsp3) is 0.176. The van der Waals surface area contributed by atoms with E-state index in [0.29, 0.717) is 29.6 Å². The number of benzene rings is 1. The number of nitrogens with zero attached hydrogens (tertiary/aromatic N) is 3. The van der Waals surface area contributed by atoms with E-state index in [1.807, 2.05) is 31.2 Å². The number of carbonyl (C=O) groups excluding carboxylic acids is 1. The molecular weight excluding hydrogens is 322 g/mol. The fourth-order valence-corrected chi connectivity index (χ4v) is 2.12. The quantitative estimate of drug-likeness (QED) is 0.711. The molecule has 1 aromatic carbocycles. The minimum absolute atomic E-state index is 0.201. The average Bonchev–Trinajstić information content (AvgIpc) is 3.02. The van der Waals surface area contributed by atoms with Crippen molar-refractivity contribution < 1.29 is 14.1 Å². The van der Waals surface area contributed by atoms with Crippen molar-refractivity contribution in [2.24, 2.45) is 0 Å². The molecule has 0 saturated heterocycles. The molecule has 128 valence electrons. The van der Waals surface area contributed by atoms with Crippen LogP contribution in [0.3, 0.4) is 0 Å². The molecule has 3 rings (SSSR count). The predicted molar refractivity (Wildman–Crippen MR) is 92.1 cm³/mol. The Balaban J connectivity index is 1.76. The molecular formula is C17H17N5O3. The van der Waals surface area contributed by atoms with Crippen LogP contribution in [-0.2, 0) is 0 Å². The van der Waals surface area contributed by atoms with E-state index in [1.165, 1.54) is 12.3 Å². The van der Waals surface area contributed by atoms with E-state index in [1.54, 1.807) is 13.0 Å². The van der Waals surface area contributed by atoms with Gasteiger partial charge in [0.2, 0.25) is 5.95 Å². The zero-order valence-electron chi connectivity index (χ0n) is 13.8. The summed E-state index contributed by atoms with van der Waals surface area (Å²) in [5.74, 6) is 1.50. The first kappa shape index (κ1) is 16.4. The molecule has 0 aliphatic rings. The van der Waals surface area contributed by atoms with Gasteiger partial charge in [0.15, 0.2) is 5.82 Å². The molecule has 0 aliphatic heterocycles. The van der Waals surface area contributed by atoms with Crippen molar-refractivity contribution in [1.82, 2.24) is 15.1 Å². The molecule has 2 N–H and O–H groups in total. The molecule has 3 aromatic rings. The van der Waals surface area contributed by atoms with Crippen molar-refractivity contribution in [1.29, 1.82) is 0 Å². The van der Waals surface area contributed by atoms with Crippen LogP contribution >= 0.6 is 0 Å². The first-order valence-corrected chi connectivity index (χ1v) is 7.72. The molecule has 1 amide bonds. The summed E-state index contributed by atoms with van der Waals surface area (Å²) in [6.45, 7) is 4.19. The lowest BCUT2D eigenvalue weighted by molar-refractivity contribution is 0.102. The van der Waals surface area contributed by atoms with Gasteiger partial charge in [0, 0.05) is 12.3 Å². The third kappa shape index (κ3) is 4.11. The summed E-state index contributed by atoms with van der Waals surface area (Å²) in [5.41, 5.74) is 0.918. The highest BCUT2D eigenvalue weighted by atomic mass is 16.5. The van der Waals surface area contributed by atoms with Crippen LogP contribution in [0, 0.1) is 6.92 Å². The summed E-state index contributed by atoms with van der Waals surface area (Å²) < 4.78 is 10.5. The second-order valence-electron chi connectivity index (χ2n) is 5.10. The standard InChI is InChI=1S/C17H17N5O3/c1-3-24-14-7-5-4-6-12(14)19-17-18-9-8-13(20-17)16(23)21-15-10-11(2)25-22-15/h4-10H,3H2,1-2H3,(H,18,19,20)(H,21,22,23). The van der Waals surface area contributed by atoms with Gasteiger partial charge in [-0.2, -0.15) is 0 Å². The average molecular weight is 339 g/mol. The van der Waals surface area contributed by atoms with E-state index in [9.17, 15) is 4.79 Å². The molecule has 2 heterocycles. The van der Waals surface area contributed by atoms with Crippen LogP contribution in [0.15, 0.2) is 47.1 Å². The fourth-order valence-electron chi connectivity index (χ4n) is 2.12. The molecule has 0 fully saturated rings. The monoisotopic (exact) mass is 339 g/mol. The smallest absolute Gasteiger partial charge is 0.275 e. The van der Waals surface area contributed by atoms with Crippen LogP contribution in [0.25, 0.3) is 0 Å². The number of para-hydroxylation sites is 2. The van der Waals surface area contributed by atoms with Crippen molar-refractivity contribution in [2.75, 3.05) is 17.2 Å². The summed E-state index contributed by atoms with van der Waals surface area (Å²) in [4.78, 5) is 20.6. The van der Waals surface area contributed by atoms with Crippen molar-refractivity contribution >= 4 is 23.4 Å². The number of aromatic nitrogens is 3. The van der Waals surface area contributed by atoms with Gasteiger partial charge in [-0.15, -0.1) is 0 Å². The molecule has 0 spiro atoms. The van der Waals surface area contributed by atoms with Crippen molar-refractivity contribution in [2.45, 2.75) is 13.8 Å². The maximum Gasteiger partial charge on any atom is 0.275 e. The van der Waals surface area contributed by atoms with Crippen molar-refractivity contribution in [3.8, 4) is 5.75 Å². The number of anilines is 3. The Morgan fingerprint density at radius 2 is 2.12 bits per heavy atom. The third-order valence-electron chi connectivity index (χ3n) is 3.19. The Morgan fingerprint density at radius 1 is 1.28 bits per heavy atom. The van der Waals surface area contributed by atoms with Crippen molar-refractivity contribution in [3.05, 3.63) is 54.0 Å². The Morgan fingerprint density at radius 3 is 2.88 bits per heavy atom. The zero-order valence-corrected chi connectivity index (χ0v) is 13.8. The number of hydrogen-bond acceptors (Lipinski definition) is 7. The molecule has 0 unspecified atom stereocenters. The SMILES string of the molecule is CCOc1ccccc1Nc1nccc(C(=O)Nc2cc(C)on2)n1. The Bertz CT molecular complexity index is 878. The van der Waals surface area contributed by atoms with Gasteiger partial charge in [0.1, 0.15) is 17.2 Å². The minimum atomic E-state index is -0.406. The summed E-state index contributed by atoms with van der Waals surface area (Å²) in [6, 6.07) is 10.6. The number of amides is 1. The molecule has 25 heavy (non-hydrogen) atoms. The van der Waals surface area contributed by atoms with E-state index < -0.39 is 5.91 Å². The number of aryl methyl sites for hydroxylation is 1. The number of hydrogen-bond donors (Lipinski definition) is 2. The van der Waals surface area contributed by atoms with Gasteiger partial charge in [-0.3, -0.25) is 4.79 Å². The van der Waals surface area contributed by atoms with Gasteiger partial charge in [0.05, 0.1) is 12.3 Å². The molecule has 8 nitrogen and oxygen atoms in total.